The van der Waals surface area contributed by atoms with E-state index in [0.717, 1.165) is 5.56 Å². The van der Waals surface area contributed by atoms with Crippen LogP contribution < -0.4 is 9.62 Å². The lowest BCUT2D eigenvalue weighted by Gasteiger charge is -2.17. The highest BCUT2D eigenvalue weighted by Gasteiger charge is 2.28. The van der Waals surface area contributed by atoms with Gasteiger partial charge in [-0.2, -0.15) is 0 Å². The number of amides is 1. The third kappa shape index (κ3) is 5.11. The van der Waals surface area contributed by atoms with E-state index in [1.807, 2.05) is 37.3 Å². The van der Waals surface area contributed by atoms with Crippen LogP contribution in [0.2, 0.25) is 0 Å². The number of benzene rings is 2. The highest BCUT2D eigenvalue weighted by Crippen LogP contribution is 2.24. The van der Waals surface area contributed by atoms with Crippen molar-refractivity contribution in [2.75, 3.05) is 29.8 Å². The Morgan fingerprint density at radius 3 is 2.50 bits per heavy atom. The van der Waals surface area contributed by atoms with Crippen LogP contribution in [-0.4, -0.2) is 39.8 Å². The smallest absolute Gasteiger partial charge is 0.251 e. The fourth-order valence-corrected chi connectivity index (χ4v) is 4.73. The molecule has 1 saturated heterocycles. The molecule has 0 radical (unpaired) electrons. The molecule has 7 heteroatoms. The fraction of sp³-hybridized carbons (Fsp3) is 0.381. The monoisotopic (exact) mass is 402 g/mol. The SMILES string of the molecule is C[C@@H](OCCCNC(=O)c1ccc(N2CCCS2(=O)=O)cc1)c1ccccc1. The summed E-state index contributed by atoms with van der Waals surface area (Å²) in [4.78, 5) is 12.2. The van der Waals surface area contributed by atoms with Gasteiger partial charge in [-0.25, -0.2) is 8.42 Å². The van der Waals surface area contributed by atoms with Crippen molar-refractivity contribution in [1.29, 1.82) is 0 Å². The number of hydrogen-bond acceptors (Lipinski definition) is 4. The molecule has 28 heavy (non-hydrogen) atoms. The largest absolute Gasteiger partial charge is 0.374 e. The van der Waals surface area contributed by atoms with Crippen LogP contribution in [0.3, 0.4) is 0 Å². The van der Waals surface area contributed by atoms with E-state index in [1.165, 1.54) is 4.31 Å². The molecule has 1 N–H and O–H groups in total. The van der Waals surface area contributed by atoms with Crippen molar-refractivity contribution >= 4 is 21.6 Å². The van der Waals surface area contributed by atoms with Gasteiger partial charge >= 0.3 is 0 Å². The standard InChI is InChI=1S/C21H26N2O4S/c1-17(18-7-3-2-4-8-18)27-15-5-13-22-21(24)19-9-11-20(12-10-19)23-14-6-16-28(23,25)26/h2-4,7-12,17H,5-6,13-16H2,1H3,(H,22,24)/t17-/m1/s1. The van der Waals surface area contributed by atoms with Gasteiger partial charge < -0.3 is 10.1 Å². The highest BCUT2D eigenvalue weighted by molar-refractivity contribution is 7.93. The Morgan fingerprint density at radius 2 is 1.86 bits per heavy atom. The average Bonchev–Trinajstić information content (AvgIpc) is 3.07. The van der Waals surface area contributed by atoms with Crippen LogP contribution in [0.4, 0.5) is 5.69 Å². The zero-order valence-corrected chi connectivity index (χ0v) is 16.8. The number of hydrogen-bond donors (Lipinski definition) is 1. The summed E-state index contributed by atoms with van der Waals surface area (Å²) in [5.41, 5.74) is 2.25. The van der Waals surface area contributed by atoms with Crippen molar-refractivity contribution in [3.8, 4) is 0 Å². The van der Waals surface area contributed by atoms with E-state index < -0.39 is 10.0 Å². The lowest BCUT2D eigenvalue weighted by atomic mass is 10.1. The van der Waals surface area contributed by atoms with E-state index in [4.69, 9.17) is 4.74 Å². The highest BCUT2D eigenvalue weighted by atomic mass is 32.2. The molecule has 2 aromatic carbocycles. The van der Waals surface area contributed by atoms with E-state index in [0.29, 0.717) is 43.8 Å². The third-order valence-electron chi connectivity index (χ3n) is 4.76. The van der Waals surface area contributed by atoms with Crippen LogP contribution >= 0.6 is 0 Å². The molecule has 1 aliphatic rings. The first-order valence-electron chi connectivity index (χ1n) is 9.52. The van der Waals surface area contributed by atoms with Crippen LogP contribution in [0.25, 0.3) is 0 Å². The number of sulfonamides is 1. The number of anilines is 1. The minimum absolute atomic E-state index is 0.0197. The van der Waals surface area contributed by atoms with Crippen molar-refractivity contribution in [3.63, 3.8) is 0 Å². The predicted octanol–water partition coefficient (Wildman–Crippen LogP) is 3.12. The first-order valence-corrected chi connectivity index (χ1v) is 11.1. The molecular formula is C21H26N2O4S. The zero-order valence-electron chi connectivity index (χ0n) is 16.0. The molecule has 150 valence electrons. The molecule has 6 nitrogen and oxygen atoms in total. The molecule has 0 aromatic heterocycles. The molecule has 1 heterocycles. The van der Waals surface area contributed by atoms with Gasteiger partial charge in [0.1, 0.15) is 0 Å². The van der Waals surface area contributed by atoms with Gasteiger partial charge in [0.05, 0.1) is 17.5 Å². The number of nitrogens with zero attached hydrogens (tertiary/aromatic N) is 1. The molecule has 0 aliphatic carbocycles. The summed E-state index contributed by atoms with van der Waals surface area (Å²) < 4.78 is 31.1. The summed E-state index contributed by atoms with van der Waals surface area (Å²) in [6.07, 6.45) is 1.37. The molecule has 0 spiro atoms. The summed E-state index contributed by atoms with van der Waals surface area (Å²) in [6.45, 7) is 3.58. The van der Waals surface area contributed by atoms with Crippen molar-refractivity contribution in [2.24, 2.45) is 0 Å². The van der Waals surface area contributed by atoms with Gasteiger partial charge in [-0.3, -0.25) is 9.10 Å². The van der Waals surface area contributed by atoms with Crippen molar-refractivity contribution in [3.05, 3.63) is 65.7 Å². The second-order valence-electron chi connectivity index (χ2n) is 6.82. The lowest BCUT2D eigenvalue weighted by Crippen LogP contribution is -2.26. The average molecular weight is 403 g/mol. The van der Waals surface area contributed by atoms with Gasteiger partial charge in [0.25, 0.3) is 5.91 Å². The molecule has 1 atom stereocenters. The first kappa shape index (κ1) is 20.4. The zero-order chi connectivity index (χ0) is 20.0. The maximum absolute atomic E-state index is 12.2. The van der Waals surface area contributed by atoms with Crippen molar-refractivity contribution < 1.29 is 17.9 Å². The minimum Gasteiger partial charge on any atom is -0.374 e. The van der Waals surface area contributed by atoms with Crippen LogP contribution in [0.5, 0.6) is 0 Å². The first-order chi connectivity index (χ1) is 13.5. The van der Waals surface area contributed by atoms with Crippen LogP contribution in [0.1, 0.15) is 41.8 Å². The van der Waals surface area contributed by atoms with Crippen LogP contribution in [-0.2, 0) is 14.8 Å². The summed E-state index contributed by atoms with van der Waals surface area (Å²) in [5, 5.41) is 2.87. The Kier molecular flexibility index (Phi) is 6.70. The lowest BCUT2D eigenvalue weighted by molar-refractivity contribution is 0.0635. The van der Waals surface area contributed by atoms with Crippen LogP contribution in [0, 0.1) is 0 Å². The molecular weight excluding hydrogens is 376 g/mol. The fourth-order valence-electron chi connectivity index (χ4n) is 3.17. The van der Waals surface area contributed by atoms with Crippen molar-refractivity contribution in [2.45, 2.75) is 25.9 Å². The molecule has 1 fully saturated rings. The van der Waals surface area contributed by atoms with Crippen molar-refractivity contribution in [1.82, 2.24) is 5.32 Å². The predicted molar refractivity (Wildman–Crippen MR) is 110 cm³/mol. The van der Waals surface area contributed by atoms with Gasteiger partial charge in [-0.05, 0) is 49.6 Å². The van der Waals surface area contributed by atoms with Gasteiger partial charge in [-0.1, -0.05) is 30.3 Å². The molecule has 0 bridgehead atoms. The molecule has 1 amide bonds. The minimum atomic E-state index is -3.20. The molecule has 2 aromatic rings. The second-order valence-corrected chi connectivity index (χ2v) is 8.83. The number of rotatable bonds is 8. The van der Waals surface area contributed by atoms with Gasteiger partial charge in [0.15, 0.2) is 0 Å². The quantitative estimate of drug-likeness (QED) is 0.689. The number of ether oxygens (including phenoxy) is 1. The Balaban J connectivity index is 1.41. The van der Waals surface area contributed by atoms with E-state index in [9.17, 15) is 13.2 Å². The van der Waals surface area contributed by atoms with E-state index >= 15 is 0 Å². The maximum atomic E-state index is 12.2. The number of carbonyl (C=O) groups is 1. The normalized spacial score (nSPS) is 16.7. The number of carbonyl (C=O) groups excluding carboxylic acids is 1. The summed E-state index contributed by atoms with van der Waals surface area (Å²) in [6, 6.07) is 16.7. The Labute approximate surface area is 166 Å². The second kappa shape index (κ2) is 9.21. The summed E-state index contributed by atoms with van der Waals surface area (Å²) in [5.74, 6) is 0.00662. The molecule has 0 saturated carbocycles. The summed E-state index contributed by atoms with van der Waals surface area (Å²) >= 11 is 0. The third-order valence-corrected chi connectivity index (χ3v) is 6.63. The van der Waals surface area contributed by atoms with E-state index in [-0.39, 0.29) is 17.8 Å². The maximum Gasteiger partial charge on any atom is 0.251 e. The van der Waals surface area contributed by atoms with Gasteiger partial charge in [0, 0.05) is 25.3 Å². The van der Waals surface area contributed by atoms with E-state index in [1.54, 1.807) is 24.3 Å². The topological polar surface area (TPSA) is 75.7 Å². The number of nitrogens with one attached hydrogen (secondary N) is 1. The molecule has 1 aliphatic heterocycles. The van der Waals surface area contributed by atoms with Gasteiger partial charge in [0.2, 0.25) is 10.0 Å². The summed E-state index contributed by atoms with van der Waals surface area (Å²) in [7, 11) is -3.20. The van der Waals surface area contributed by atoms with E-state index in [2.05, 4.69) is 5.32 Å². The Hall–Kier alpha value is -2.38. The van der Waals surface area contributed by atoms with Gasteiger partial charge in [-0.15, -0.1) is 0 Å². The molecule has 3 rings (SSSR count). The molecule has 0 unspecified atom stereocenters. The van der Waals surface area contributed by atoms with Crippen LogP contribution in [0.15, 0.2) is 54.6 Å². The Bertz CT molecular complexity index is 882. The Morgan fingerprint density at radius 1 is 1.14 bits per heavy atom.